The smallest absolute Gasteiger partial charge is 0.191 e. The second-order valence-corrected chi connectivity index (χ2v) is 5.30. The third-order valence-corrected chi connectivity index (χ3v) is 3.49. The molecule has 2 rings (SSSR count). The monoisotopic (exact) mass is 339 g/mol. The van der Waals surface area contributed by atoms with E-state index in [4.69, 9.17) is 14.2 Å². The summed E-state index contributed by atoms with van der Waals surface area (Å²) in [5.74, 6) is 1.20. The van der Waals surface area contributed by atoms with Crippen LogP contribution in [0, 0.1) is 5.82 Å². The van der Waals surface area contributed by atoms with Gasteiger partial charge < -0.3 is 24.8 Å². The first-order valence-corrected chi connectivity index (χ1v) is 8.36. The molecule has 1 aliphatic heterocycles. The Morgan fingerprint density at radius 1 is 1.33 bits per heavy atom. The largest absolute Gasteiger partial charge is 0.467 e. The number of benzene rings is 1. The predicted molar refractivity (Wildman–Crippen MR) is 90.9 cm³/mol. The molecule has 1 heterocycles. The molecule has 1 aliphatic rings. The lowest BCUT2D eigenvalue weighted by Crippen LogP contribution is -2.38. The van der Waals surface area contributed by atoms with Crippen molar-refractivity contribution in [2.24, 2.45) is 4.99 Å². The highest BCUT2D eigenvalue weighted by Gasteiger charge is 2.16. The second-order valence-electron chi connectivity index (χ2n) is 5.30. The van der Waals surface area contributed by atoms with Crippen LogP contribution in [0.5, 0.6) is 5.75 Å². The minimum absolute atomic E-state index is 0.209. The van der Waals surface area contributed by atoms with Crippen LogP contribution in [-0.2, 0) is 22.5 Å². The highest BCUT2D eigenvalue weighted by atomic mass is 19.1. The van der Waals surface area contributed by atoms with Crippen LogP contribution in [0.1, 0.15) is 25.0 Å². The van der Waals surface area contributed by atoms with Crippen LogP contribution < -0.4 is 15.4 Å². The van der Waals surface area contributed by atoms with Gasteiger partial charge in [0.2, 0.25) is 0 Å². The van der Waals surface area contributed by atoms with Crippen LogP contribution in [0.25, 0.3) is 0 Å². The predicted octanol–water partition coefficient (Wildman–Crippen LogP) is 1.83. The number of halogens is 1. The molecule has 0 unspecified atom stereocenters. The van der Waals surface area contributed by atoms with Gasteiger partial charge in [0.15, 0.2) is 12.8 Å². The van der Waals surface area contributed by atoms with E-state index in [1.807, 2.05) is 13.8 Å². The van der Waals surface area contributed by atoms with Crippen molar-refractivity contribution in [3.63, 3.8) is 0 Å². The number of nitrogens with one attached hydrogen (secondary N) is 2. The average Bonchev–Trinajstić information content (AvgIpc) is 2.58. The molecule has 0 aliphatic carbocycles. The van der Waals surface area contributed by atoms with Crippen LogP contribution in [0.15, 0.2) is 17.1 Å². The van der Waals surface area contributed by atoms with Gasteiger partial charge in [-0.1, -0.05) is 0 Å². The van der Waals surface area contributed by atoms with Gasteiger partial charge in [-0.2, -0.15) is 0 Å². The van der Waals surface area contributed by atoms with Gasteiger partial charge in [-0.05, 0) is 38.0 Å². The van der Waals surface area contributed by atoms with Gasteiger partial charge in [0.25, 0.3) is 0 Å². The first-order chi connectivity index (χ1) is 11.7. The summed E-state index contributed by atoms with van der Waals surface area (Å²) in [6.07, 6.45) is 0.635. The zero-order valence-electron chi connectivity index (χ0n) is 14.4. The first-order valence-electron chi connectivity index (χ1n) is 8.36. The van der Waals surface area contributed by atoms with Crippen molar-refractivity contribution in [1.82, 2.24) is 10.6 Å². The van der Waals surface area contributed by atoms with Crippen LogP contribution in [-0.4, -0.2) is 45.6 Å². The summed E-state index contributed by atoms with van der Waals surface area (Å²) in [4.78, 5) is 4.43. The molecule has 24 heavy (non-hydrogen) atoms. The Labute approximate surface area is 142 Å². The average molecular weight is 339 g/mol. The Bertz CT molecular complexity index is 552. The van der Waals surface area contributed by atoms with Crippen LogP contribution in [0.2, 0.25) is 0 Å². The summed E-state index contributed by atoms with van der Waals surface area (Å²) >= 11 is 0. The maximum absolute atomic E-state index is 13.7. The van der Waals surface area contributed by atoms with E-state index in [0.29, 0.717) is 39.3 Å². The van der Waals surface area contributed by atoms with Gasteiger partial charge in [-0.25, -0.2) is 4.39 Å². The number of hydrogen-bond acceptors (Lipinski definition) is 4. The first kappa shape index (κ1) is 18.5. The highest BCUT2D eigenvalue weighted by molar-refractivity contribution is 5.79. The van der Waals surface area contributed by atoms with E-state index in [1.165, 1.54) is 12.1 Å². The summed E-state index contributed by atoms with van der Waals surface area (Å²) in [6.45, 7) is 7.84. The molecule has 6 nitrogen and oxygen atoms in total. The molecule has 134 valence electrons. The van der Waals surface area contributed by atoms with Crippen LogP contribution in [0.4, 0.5) is 4.39 Å². The van der Waals surface area contributed by atoms with Crippen molar-refractivity contribution in [3.05, 3.63) is 29.1 Å². The van der Waals surface area contributed by atoms with E-state index < -0.39 is 0 Å². The third kappa shape index (κ3) is 5.65. The molecule has 0 atom stereocenters. The maximum atomic E-state index is 13.7. The molecule has 0 bridgehead atoms. The van der Waals surface area contributed by atoms with Crippen molar-refractivity contribution in [2.75, 3.05) is 39.6 Å². The van der Waals surface area contributed by atoms with Crippen molar-refractivity contribution < 1.29 is 18.6 Å². The Kier molecular flexibility index (Phi) is 7.77. The molecule has 0 saturated heterocycles. The Hall–Kier alpha value is -1.86. The molecule has 1 aromatic rings. The molecule has 2 N–H and O–H groups in total. The zero-order valence-corrected chi connectivity index (χ0v) is 14.4. The molecule has 0 radical (unpaired) electrons. The molecular weight excluding hydrogens is 313 g/mol. The summed E-state index contributed by atoms with van der Waals surface area (Å²) in [7, 11) is 0. The standard InChI is InChI=1S/C17H26FN3O3/c1-3-19-17(21-7-8-22-4-2)20-6-5-13-9-15(18)10-14-11-23-12-24-16(13)14/h9-10H,3-8,11-12H2,1-2H3,(H2,19,20,21). The van der Waals surface area contributed by atoms with Gasteiger partial charge in [0.05, 0.1) is 19.8 Å². The topological polar surface area (TPSA) is 64.1 Å². The lowest BCUT2D eigenvalue weighted by Gasteiger charge is -2.21. The number of aliphatic imine (C=N–C) groups is 1. The number of ether oxygens (including phenoxy) is 3. The fourth-order valence-electron chi connectivity index (χ4n) is 2.47. The van der Waals surface area contributed by atoms with Gasteiger partial charge in [-0.3, -0.25) is 4.99 Å². The molecule has 0 aromatic heterocycles. The molecule has 1 aromatic carbocycles. The summed E-state index contributed by atoms with van der Waals surface area (Å²) in [5.41, 5.74) is 1.60. The van der Waals surface area contributed by atoms with E-state index in [-0.39, 0.29) is 12.6 Å². The molecule has 0 amide bonds. The quantitative estimate of drug-likeness (QED) is 0.430. The summed E-state index contributed by atoms with van der Waals surface area (Å²) in [6, 6.07) is 2.98. The van der Waals surface area contributed by atoms with Crippen molar-refractivity contribution in [2.45, 2.75) is 26.9 Å². The number of rotatable bonds is 8. The normalized spacial score (nSPS) is 14.0. The fraction of sp³-hybridized carbons (Fsp3) is 0.588. The molecule has 0 fully saturated rings. The Balaban J connectivity index is 1.91. The number of fused-ring (bicyclic) bond motifs is 1. The lowest BCUT2D eigenvalue weighted by molar-refractivity contribution is -0.0172. The summed E-state index contributed by atoms with van der Waals surface area (Å²) in [5, 5.41) is 6.42. The molecule has 0 saturated carbocycles. The SMILES string of the molecule is CCNC(=NCCOCC)NCCc1cc(F)cc2c1OCOC2. The van der Waals surface area contributed by atoms with Crippen LogP contribution >= 0.6 is 0 Å². The number of guanidine groups is 1. The fourth-order valence-corrected chi connectivity index (χ4v) is 2.47. The van der Waals surface area contributed by atoms with Crippen molar-refractivity contribution in [3.8, 4) is 5.75 Å². The minimum atomic E-state index is -0.268. The van der Waals surface area contributed by atoms with Gasteiger partial charge in [0, 0.05) is 25.3 Å². The Morgan fingerprint density at radius 2 is 2.21 bits per heavy atom. The minimum Gasteiger partial charge on any atom is -0.467 e. The highest BCUT2D eigenvalue weighted by Crippen LogP contribution is 2.29. The summed E-state index contributed by atoms with van der Waals surface area (Å²) < 4.78 is 29.7. The number of nitrogens with zero attached hydrogens (tertiary/aromatic N) is 1. The lowest BCUT2D eigenvalue weighted by atomic mass is 10.1. The van der Waals surface area contributed by atoms with E-state index in [2.05, 4.69) is 15.6 Å². The van der Waals surface area contributed by atoms with Crippen molar-refractivity contribution >= 4 is 5.96 Å². The second kappa shape index (κ2) is 10.1. The molecule has 0 spiro atoms. The van der Waals surface area contributed by atoms with Gasteiger partial charge >= 0.3 is 0 Å². The third-order valence-electron chi connectivity index (χ3n) is 3.49. The number of hydrogen-bond donors (Lipinski definition) is 2. The maximum Gasteiger partial charge on any atom is 0.191 e. The zero-order chi connectivity index (χ0) is 17.2. The van der Waals surface area contributed by atoms with E-state index in [0.717, 1.165) is 29.4 Å². The van der Waals surface area contributed by atoms with E-state index >= 15 is 0 Å². The van der Waals surface area contributed by atoms with E-state index in [9.17, 15) is 4.39 Å². The van der Waals surface area contributed by atoms with Crippen LogP contribution in [0.3, 0.4) is 0 Å². The van der Waals surface area contributed by atoms with Gasteiger partial charge in [0.1, 0.15) is 11.6 Å². The van der Waals surface area contributed by atoms with E-state index in [1.54, 1.807) is 0 Å². The Morgan fingerprint density at radius 3 is 3.00 bits per heavy atom. The van der Waals surface area contributed by atoms with Gasteiger partial charge in [-0.15, -0.1) is 0 Å². The molecule has 7 heteroatoms. The molecular formula is C17H26FN3O3. The van der Waals surface area contributed by atoms with Crippen molar-refractivity contribution in [1.29, 1.82) is 0 Å².